The molecule has 1 aliphatic carbocycles. The van der Waals surface area contributed by atoms with Crippen molar-refractivity contribution in [3.63, 3.8) is 0 Å². The number of carbonyl (C=O) groups excluding carboxylic acids is 1. The number of carbonyl (C=O) groups is 1. The summed E-state index contributed by atoms with van der Waals surface area (Å²) in [5, 5.41) is 0. The number of benzene rings is 2. The monoisotopic (exact) mass is 330 g/mol. The fourth-order valence-electron chi connectivity index (χ4n) is 3.68. The molecule has 0 bridgehead atoms. The van der Waals surface area contributed by atoms with Crippen molar-refractivity contribution in [1.29, 1.82) is 0 Å². The van der Waals surface area contributed by atoms with Gasteiger partial charge in [-0.25, -0.2) is 0 Å². The van der Waals surface area contributed by atoms with Gasteiger partial charge in [-0.2, -0.15) is 0 Å². The van der Waals surface area contributed by atoms with Crippen LogP contribution in [0.25, 0.3) is 0 Å². The zero-order valence-electron chi connectivity index (χ0n) is 14.9. The van der Waals surface area contributed by atoms with Crippen molar-refractivity contribution in [2.45, 2.75) is 39.0 Å². The highest BCUT2D eigenvalue weighted by atomic mass is 16.1. The van der Waals surface area contributed by atoms with E-state index in [0.29, 0.717) is 24.5 Å². The average Bonchev–Trinajstić information content (AvgIpc) is 3.03. The van der Waals surface area contributed by atoms with E-state index >= 15 is 0 Å². The van der Waals surface area contributed by atoms with Crippen LogP contribution in [0.5, 0.6) is 0 Å². The molecule has 0 N–H and O–H groups in total. The summed E-state index contributed by atoms with van der Waals surface area (Å²) in [6.07, 6.45) is 8.73. The lowest BCUT2D eigenvalue weighted by molar-refractivity contribution is -0.118. The smallest absolute Gasteiger partial charge is 0.137 e. The van der Waals surface area contributed by atoms with Crippen LogP contribution in [-0.2, 0) is 17.6 Å². The summed E-state index contributed by atoms with van der Waals surface area (Å²) in [5.74, 6) is 0.836. The number of allylic oxidation sites excluding steroid dienone is 4. The summed E-state index contributed by atoms with van der Waals surface area (Å²) in [4.78, 5) is 12.3. The third-order valence-corrected chi connectivity index (χ3v) is 5.00. The molecule has 0 aliphatic heterocycles. The zero-order chi connectivity index (χ0) is 17.5. The van der Waals surface area contributed by atoms with Crippen LogP contribution in [0, 0.1) is 5.92 Å². The lowest BCUT2D eigenvalue weighted by atomic mass is 9.86. The highest BCUT2D eigenvalue weighted by Gasteiger charge is 2.21. The molecule has 0 heterocycles. The van der Waals surface area contributed by atoms with E-state index in [0.717, 1.165) is 24.8 Å². The standard InChI is InChI=1S/C24H26O/c1-2-24-21(13-14-22(24)17-19-9-5-3-6-10-19)15-16-23(25)18-20-11-7-4-8-12-20/h3-14,24H,2,15-18H2,1H3. The van der Waals surface area contributed by atoms with E-state index in [4.69, 9.17) is 0 Å². The van der Waals surface area contributed by atoms with Gasteiger partial charge < -0.3 is 0 Å². The Balaban J connectivity index is 1.52. The predicted octanol–water partition coefficient (Wildman–Crippen LogP) is 5.71. The van der Waals surface area contributed by atoms with E-state index in [2.05, 4.69) is 49.4 Å². The maximum atomic E-state index is 12.3. The molecule has 0 radical (unpaired) electrons. The van der Waals surface area contributed by atoms with Crippen molar-refractivity contribution in [1.82, 2.24) is 0 Å². The molecule has 1 heteroatoms. The zero-order valence-corrected chi connectivity index (χ0v) is 14.9. The largest absolute Gasteiger partial charge is 0.299 e. The van der Waals surface area contributed by atoms with E-state index in [-0.39, 0.29) is 0 Å². The molecule has 0 amide bonds. The Kier molecular flexibility index (Phi) is 6.00. The van der Waals surface area contributed by atoms with Gasteiger partial charge >= 0.3 is 0 Å². The number of rotatable bonds is 8. The molecule has 25 heavy (non-hydrogen) atoms. The first kappa shape index (κ1) is 17.4. The van der Waals surface area contributed by atoms with E-state index in [1.807, 2.05) is 30.3 Å². The Bertz CT molecular complexity index is 753. The Morgan fingerprint density at radius 3 is 2.08 bits per heavy atom. The normalized spacial score (nSPS) is 16.4. The van der Waals surface area contributed by atoms with Crippen molar-refractivity contribution in [3.8, 4) is 0 Å². The third-order valence-electron chi connectivity index (χ3n) is 5.00. The summed E-state index contributed by atoms with van der Waals surface area (Å²) < 4.78 is 0. The molecule has 1 aliphatic rings. The van der Waals surface area contributed by atoms with Crippen molar-refractivity contribution in [3.05, 3.63) is 95.1 Å². The van der Waals surface area contributed by atoms with Gasteiger partial charge in [0.05, 0.1) is 0 Å². The maximum Gasteiger partial charge on any atom is 0.137 e. The van der Waals surface area contributed by atoms with Gasteiger partial charge in [0.25, 0.3) is 0 Å². The van der Waals surface area contributed by atoms with Crippen LogP contribution in [0.2, 0.25) is 0 Å². The predicted molar refractivity (Wildman–Crippen MR) is 104 cm³/mol. The van der Waals surface area contributed by atoms with Gasteiger partial charge in [0.2, 0.25) is 0 Å². The Hall–Kier alpha value is -2.41. The lowest BCUT2D eigenvalue weighted by Gasteiger charge is -2.18. The van der Waals surface area contributed by atoms with Gasteiger partial charge in [0, 0.05) is 18.8 Å². The van der Waals surface area contributed by atoms with Crippen molar-refractivity contribution >= 4 is 5.78 Å². The SMILES string of the molecule is CCC1C(CCC(=O)Cc2ccccc2)=CC=C1Cc1ccccc1. The first-order valence-corrected chi connectivity index (χ1v) is 9.25. The van der Waals surface area contributed by atoms with Crippen LogP contribution in [-0.4, -0.2) is 5.78 Å². The molecule has 1 unspecified atom stereocenters. The molecule has 3 rings (SSSR count). The second-order valence-corrected chi connectivity index (χ2v) is 6.81. The quantitative estimate of drug-likeness (QED) is 0.605. The average molecular weight is 330 g/mol. The molecule has 0 saturated heterocycles. The minimum Gasteiger partial charge on any atom is -0.299 e. The number of Topliss-reactive ketones (excluding diaryl/α,β-unsaturated/α-hetero) is 1. The van der Waals surface area contributed by atoms with Crippen LogP contribution in [0.1, 0.15) is 37.3 Å². The molecule has 2 aromatic carbocycles. The summed E-state index contributed by atoms with van der Waals surface area (Å²) >= 11 is 0. The lowest BCUT2D eigenvalue weighted by Crippen LogP contribution is -2.08. The maximum absolute atomic E-state index is 12.3. The number of hydrogen-bond acceptors (Lipinski definition) is 1. The Morgan fingerprint density at radius 1 is 0.840 bits per heavy atom. The first-order valence-electron chi connectivity index (χ1n) is 9.25. The van der Waals surface area contributed by atoms with Gasteiger partial charge in [-0.15, -0.1) is 0 Å². The molecule has 2 aromatic rings. The van der Waals surface area contributed by atoms with Crippen molar-refractivity contribution in [2.75, 3.05) is 0 Å². The van der Waals surface area contributed by atoms with E-state index in [9.17, 15) is 4.79 Å². The second kappa shape index (κ2) is 8.62. The molecular formula is C24H26O. The van der Waals surface area contributed by atoms with Crippen LogP contribution in [0.4, 0.5) is 0 Å². The van der Waals surface area contributed by atoms with Crippen molar-refractivity contribution in [2.24, 2.45) is 5.92 Å². The molecule has 0 aromatic heterocycles. The van der Waals surface area contributed by atoms with Gasteiger partial charge in [-0.05, 0) is 30.4 Å². The molecule has 1 nitrogen and oxygen atoms in total. The summed E-state index contributed by atoms with van der Waals surface area (Å²) in [7, 11) is 0. The fourth-order valence-corrected chi connectivity index (χ4v) is 3.68. The topological polar surface area (TPSA) is 17.1 Å². The van der Waals surface area contributed by atoms with Crippen LogP contribution >= 0.6 is 0 Å². The molecular weight excluding hydrogens is 304 g/mol. The van der Waals surface area contributed by atoms with E-state index < -0.39 is 0 Å². The van der Waals surface area contributed by atoms with Crippen LogP contribution in [0.15, 0.2) is 84.0 Å². The molecule has 0 fully saturated rings. The van der Waals surface area contributed by atoms with Crippen molar-refractivity contribution < 1.29 is 4.79 Å². The molecule has 128 valence electrons. The summed E-state index contributed by atoms with van der Waals surface area (Å²) in [6, 6.07) is 20.7. The fraction of sp³-hybridized carbons (Fsp3) is 0.292. The highest BCUT2D eigenvalue weighted by Crippen LogP contribution is 2.34. The minimum absolute atomic E-state index is 0.332. The number of ketones is 1. The molecule has 0 saturated carbocycles. The first-order chi connectivity index (χ1) is 12.3. The molecule has 0 spiro atoms. The second-order valence-electron chi connectivity index (χ2n) is 6.81. The van der Waals surface area contributed by atoms with Crippen LogP contribution in [0.3, 0.4) is 0 Å². The Labute approximate surface area is 151 Å². The van der Waals surface area contributed by atoms with Gasteiger partial charge in [-0.3, -0.25) is 4.79 Å². The minimum atomic E-state index is 0.332. The molecule has 1 atom stereocenters. The van der Waals surface area contributed by atoms with E-state index in [1.54, 1.807) is 0 Å². The van der Waals surface area contributed by atoms with Gasteiger partial charge in [-0.1, -0.05) is 90.9 Å². The summed E-state index contributed by atoms with van der Waals surface area (Å²) in [5.41, 5.74) is 5.39. The Morgan fingerprint density at radius 2 is 1.44 bits per heavy atom. The van der Waals surface area contributed by atoms with Gasteiger partial charge in [0.1, 0.15) is 5.78 Å². The summed E-state index contributed by atoms with van der Waals surface area (Å²) in [6.45, 7) is 2.24. The third kappa shape index (κ3) is 4.79. The van der Waals surface area contributed by atoms with Gasteiger partial charge in [0.15, 0.2) is 0 Å². The van der Waals surface area contributed by atoms with E-state index in [1.165, 1.54) is 16.7 Å². The van der Waals surface area contributed by atoms with Crippen LogP contribution < -0.4 is 0 Å². The number of hydrogen-bond donors (Lipinski definition) is 0. The highest BCUT2D eigenvalue weighted by molar-refractivity contribution is 5.81.